The van der Waals surface area contributed by atoms with E-state index in [4.69, 9.17) is 4.74 Å². The van der Waals surface area contributed by atoms with Crippen LogP contribution in [-0.4, -0.2) is 37.2 Å². The first-order valence-electron chi connectivity index (χ1n) is 7.03. The fourth-order valence-corrected chi connectivity index (χ4v) is 2.04. The van der Waals surface area contributed by atoms with E-state index in [9.17, 15) is 4.79 Å². The van der Waals surface area contributed by atoms with Crippen LogP contribution in [-0.2, 0) is 16.1 Å². The zero-order chi connectivity index (χ0) is 15.1. The highest BCUT2D eigenvalue weighted by Gasteiger charge is 2.11. The molecule has 0 aliphatic rings. The van der Waals surface area contributed by atoms with Crippen LogP contribution in [0.5, 0.6) is 0 Å². The smallest absolute Gasteiger partial charge is 0.236 e. The van der Waals surface area contributed by atoms with Crippen LogP contribution in [0.15, 0.2) is 36.7 Å². The summed E-state index contributed by atoms with van der Waals surface area (Å²) in [7, 11) is 1.61. The van der Waals surface area contributed by atoms with Gasteiger partial charge in [0.15, 0.2) is 0 Å². The number of ether oxygens (including phenoxy) is 1. The summed E-state index contributed by atoms with van der Waals surface area (Å²) in [5.41, 5.74) is 1.14. The minimum absolute atomic E-state index is 0.0166. The number of hydrogen-bond donors (Lipinski definition) is 2. The van der Waals surface area contributed by atoms with E-state index < -0.39 is 0 Å². The molecule has 5 heteroatoms. The summed E-state index contributed by atoms with van der Waals surface area (Å²) in [5, 5.41) is 8.31. The van der Waals surface area contributed by atoms with Crippen molar-refractivity contribution in [1.82, 2.24) is 15.6 Å². The van der Waals surface area contributed by atoms with E-state index in [-0.39, 0.29) is 11.9 Å². The Kier molecular flexibility index (Phi) is 5.66. The summed E-state index contributed by atoms with van der Waals surface area (Å²) in [4.78, 5) is 15.9. The van der Waals surface area contributed by atoms with Crippen LogP contribution in [0, 0.1) is 0 Å². The normalized spacial score (nSPS) is 12.3. The van der Waals surface area contributed by atoms with Crippen molar-refractivity contribution in [3.8, 4) is 0 Å². The molecule has 0 saturated heterocycles. The van der Waals surface area contributed by atoms with Crippen LogP contribution in [0.3, 0.4) is 0 Å². The number of hydrogen-bond acceptors (Lipinski definition) is 4. The number of methoxy groups -OCH3 is 1. The molecule has 1 amide bonds. The molecule has 0 radical (unpaired) electrons. The largest absolute Gasteiger partial charge is 0.383 e. The van der Waals surface area contributed by atoms with E-state index in [1.165, 1.54) is 0 Å². The highest BCUT2D eigenvalue weighted by molar-refractivity contribution is 5.82. The van der Waals surface area contributed by atoms with Gasteiger partial charge in [-0.25, -0.2) is 0 Å². The molecule has 1 atom stereocenters. The van der Waals surface area contributed by atoms with Crippen molar-refractivity contribution in [2.24, 2.45) is 0 Å². The predicted octanol–water partition coefficient (Wildman–Crippen LogP) is 1.48. The number of pyridine rings is 1. The van der Waals surface area contributed by atoms with E-state index in [1.54, 1.807) is 13.3 Å². The first-order chi connectivity index (χ1) is 10.2. The molecular formula is C16H21N3O2. The van der Waals surface area contributed by atoms with Gasteiger partial charge in [0.25, 0.3) is 0 Å². The molecule has 21 heavy (non-hydrogen) atoms. The van der Waals surface area contributed by atoms with E-state index in [1.807, 2.05) is 31.3 Å². The molecule has 1 aromatic heterocycles. The molecule has 0 aliphatic heterocycles. The second-order valence-corrected chi connectivity index (χ2v) is 4.94. The molecule has 1 aromatic carbocycles. The molecule has 112 valence electrons. The summed E-state index contributed by atoms with van der Waals surface area (Å²) < 4.78 is 4.90. The van der Waals surface area contributed by atoms with Gasteiger partial charge in [-0.05, 0) is 30.0 Å². The van der Waals surface area contributed by atoms with Gasteiger partial charge in [0, 0.05) is 38.0 Å². The van der Waals surface area contributed by atoms with Gasteiger partial charge in [-0.1, -0.05) is 12.1 Å². The van der Waals surface area contributed by atoms with Gasteiger partial charge in [-0.2, -0.15) is 0 Å². The zero-order valence-electron chi connectivity index (χ0n) is 12.4. The molecule has 2 rings (SSSR count). The lowest BCUT2D eigenvalue weighted by molar-refractivity contribution is -0.122. The third kappa shape index (κ3) is 4.51. The lowest BCUT2D eigenvalue weighted by atomic mass is 10.1. The second kappa shape index (κ2) is 7.71. The quantitative estimate of drug-likeness (QED) is 0.757. The fourth-order valence-electron chi connectivity index (χ4n) is 2.04. The van der Waals surface area contributed by atoms with Crippen molar-refractivity contribution in [1.29, 1.82) is 0 Å². The Morgan fingerprint density at radius 2 is 2.19 bits per heavy atom. The van der Waals surface area contributed by atoms with Crippen molar-refractivity contribution < 1.29 is 9.53 Å². The van der Waals surface area contributed by atoms with Crippen LogP contribution >= 0.6 is 0 Å². The average molecular weight is 287 g/mol. The summed E-state index contributed by atoms with van der Waals surface area (Å²) in [6.07, 6.45) is 3.63. The number of amides is 1. The Hall–Kier alpha value is -1.98. The maximum atomic E-state index is 11.8. The molecular weight excluding hydrogens is 266 g/mol. The Balaban J connectivity index is 1.87. The number of rotatable bonds is 7. The van der Waals surface area contributed by atoms with E-state index in [0.29, 0.717) is 19.7 Å². The Morgan fingerprint density at radius 1 is 1.33 bits per heavy atom. The molecule has 1 heterocycles. The summed E-state index contributed by atoms with van der Waals surface area (Å²) >= 11 is 0. The van der Waals surface area contributed by atoms with Gasteiger partial charge >= 0.3 is 0 Å². The predicted molar refractivity (Wildman–Crippen MR) is 82.9 cm³/mol. The number of benzene rings is 1. The highest BCUT2D eigenvalue weighted by atomic mass is 16.5. The van der Waals surface area contributed by atoms with Gasteiger partial charge in [-0.15, -0.1) is 0 Å². The monoisotopic (exact) mass is 287 g/mol. The van der Waals surface area contributed by atoms with Gasteiger partial charge in [0.05, 0.1) is 12.6 Å². The van der Waals surface area contributed by atoms with Crippen molar-refractivity contribution in [3.05, 3.63) is 42.2 Å². The summed E-state index contributed by atoms with van der Waals surface area (Å²) in [6, 6.07) is 7.95. The molecule has 2 N–H and O–H groups in total. The molecule has 1 unspecified atom stereocenters. The Bertz CT molecular complexity index is 601. The molecule has 0 aliphatic carbocycles. The number of nitrogens with zero attached hydrogens (tertiary/aromatic N) is 1. The van der Waals surface area contributed by atoms with Gasteiger partial charge in [0.2, 0.25) is 5.91 Å². The molecule has 2 aromatic rings. The fraction of sp³-hybridized carbons (Fsp3) is 0.375. The van der Waals surface area contributed by atoms with Crippen LogP contribution in [0.1, 0.15) is 12.5 Å². The van der Waals surface area contributed by atoms with Gasteiger partial charge in [0.1, 0.15) is 0 Å². The lowest BCUT2D eigenvalue weighted by Crippen LogP contribution is -2.42. The third-order valence-corrected chi connectivity index (χ3v) is 3.32. The van der Waals surface area contributed by atoms with E-state index in [0.717, 1.165) is 16.3 Å². The van der Waals surface area contributed by atoms with Crippen LogP contribution in [0.25, 0.3) is 10.8 Å². The third-order valence-electron chi connectivity index (χ3n) is 3.32. The molecule has 0 bridgehead atoms. The number of fused-ring (bicyclic) bond motifs is 1. The van der Waals surface area contributed by atoms with Crippen LogP contribution < -0.4 is 10.6 Å². The maximum Gasteiger partial charge on any atom is 0.236 e. The first-order valence-corrected chi connectivity index (χ1v) is 7.03. The lowest BCUT2D eigenvalue weighted by Gasteiger charge is -2.14. The number of carbonyl (C=O) groups is 1. The van der Waals surface area contributed by atoms with Crippen LogP contribution in [0.2, 0.25) is 0 Å². The van der Waals surface area contributed by atoms with Crippen molar-refractivity contribution in [2.75, 3.05) is 20.3 Å². The highest BCUT2D eigenvalue weighted by Crippen LogP contribution is 2.14. The Morgan fingerprint density at radius 3 is 3.00 bits per heavy atom. The maximum absolute atomic E-state index is 11.8. The molecule has 0 saturated carbocycles. The topological polar surface area (TPSA) is 63.2 Å². The summed E-state index contributed by atoms with van der Waals surface area (Å²) in [6.45, 7) is 3.56. The van der Waals surface area contributed by atoms with Gasteiger partial charge in [-0.3, -0.25) is 9.78 Å². The minimum Gasteiger partial charge on any atom is -0.383 e. The SMILES string of the molecule is COCCNC(=O)C(C)NCc1ccc2cnccc2c1. The average Bonchev–Trinajstić information content (AvgIpc) is 2.52. The summed E-state index contributed by atoms with van der Waals surface area (Å²) in [5.74, 6) is -0.0166. The first kappa shape index (κ1) is 15.4. The molecule has 0 fully saturated rings. The molecule has 5 nitrogen and oxygen atoms in total. The van der Waals surface area contributed by atoms with Crippen molar-refractivity contribution in [3.63, 3.8) is 0 Å². The second-order valence-electron chi connectivity index (χ2n) is 4.94. The molecule has 0 spiro atoms. The zero-order valence-corrected chi connectivity index (χ0v) is 12.4. The number of aromatic nitrogens is 1. The number of carbonyl (C=O) groups excluding carboxylic acids is 1. The van der Waals surface area contributed by atoms with Crippen molar-refractivity contribution in [2.45, 2.75) is 19.5 Å². The van der Waals surface area contributed by atoms with E-state index in [2.05, 4.69) is 21.7 Å². The van der Waals surface area contributed by atoms with Gasteiger partial charge < -0.3 is 15.4 Å². The minimum atomic E-state index is -0.241. The standard InChI is InChI=1S/C16H21N3O2/c1-12(16(20)18-7-8-21-2)19-10-13-3-4-15-11-17-6-5-14(15)9-13/h3-6,9,11-12,19H,7-8,10H2,1-2H3,(H,18,20). The van der Waals surface area contributed by atoms with Crippen LogP contribution in [0.4, 0.5) is 0 Å². The number of nitrogens with one attached hydrogen (secondary N) is 2. The van der Waals surface area contributed by atoms with E-state index >= 15 is 0 Å². The Labute approximate surface area is 124 Å². The van der Waals surface area contributed by atoms with Crippen molar-refractivity contribution >= 4 is 16.7 Å².